The lowest BCUT2D eigenvalue weighted by atomic mass is 9.94. The maximum absolute atomic E-state index is 14.3. The Morgan fingerprint density at radius 1 is 0.953 bits per heavy atom. The fourth-order valence-corrected chi connectivity index (χ4v) is 6.72. The van der Waals surface area contributed by atoms with E-state index in [4.69, 9.17) is 4.74 Å². The molecule has 3 aromatic rings. The lowest BCUT2D eigenvalue weighted by Crippen LogP contribution is -2.55. The van der Waals surface area contributed by atoms with Crippen molar-refractivity contribution < 1.29 is 22.7 Å². The minimum atomic E-state index is -3.84. The first-order valence-electron chi connectivity index (χ1n) is 14.7. The Labute approximate surface area is 263 Å². The van der Waals surface area contributed by atoms with Gasteiger partial charge in [0.2, 0.25) is 21.8 Å². The number of carbonyl (C=O) groups excluding carboxylic acids is 2. The van der Waals surface area contributed by atoms with Crippen molar-refractivity contribution in [1.29, 1.82) is 0 Å². The van der Waals surface area contributed by atoms with Crippen LogP contribution in [0.4, 0.5) is 5.69 Å². The van der Waals surface area contributed by atoms with Crippen LogP contribution in [0.1, 0.15) is 50.2 Å². The van der Waals surface area contributed by atoms with Crippen LogP contribution in [0.3, 0.4) is 0 Å². The number of nitrogens with one attached hydrogen (secondary N) is 1. The number of ether oxygens (including phenoxy) is 1. The molecule has 43 heavy (non-hydrogen) atoms. The zero-order valence-electron chi connectivity index (χ0n) is 24.7. The van der Waals surface area contributed by atoms with E-state index in [0.717, 1.165) is 58.3 Å². The molecular formula is C33H40BrN3O5S. The Bertz CT molecular complexity index is 1460. The van der Waals surface area contributed by atoms with E-state index < -0.39 is 28.5 Å². The van der Waals surface area contributed by atoms with Crippen LogP contribution in [-0.2, 0) is 32.6 Å². The van der Waals surface area contributed by atoms with Gasteiger partial charge in [0, 0.05) is 23.5 Å². The van der Waals surface area contributed by atoms with Crippen LogP contribution < -0.4 is 14.4 Å². The summed E-state index contributed by atoms with van der Waals surface area (Å²) in [6.07, 6.45) is 6.45. The third kappa shape index (κ3) is 9.56. The molecule has 1 aliphatic rings. The average molecular weight is 671 g/mol. The lowest BCUT2D eigenvalue weighted by molar-refractivity contribution is -0.140. The van der Waals surface area contributed by atoms with Crippen LogP contribution >= 0.6 is 15.9 Å². The molecule has 0 aliphatic heterocycles. The van der Waals surface area contributed by atoms with E-state index in [1.807, 2.05) is 61.5 Å². The summed E-state index contributed by atoms with van der Waals surface area (Å²) in [4.78, 5) is 29.8. The number of halogens is 1. The van der Waals surface area contributed by atoms with Gasteiger partial charge in [0.15, 0.2) is 0 Å². The summed E-state index contributed by atoms with van der Waals surface area (Å²) in [7, 11) is -3.84. The molecule has 0 aromatic heterocycles. The van der Waals surface area contributed by atoms with Crippen LogP contribution in [-0.4, -0.2) is 56.6 Å². The number of rotatable bonds is 13. The number of sulfonamides is 1. The molecule has 3 aromatic carbocycles. The van der Waals surface area contributed by atoms with Crippen molar-refractivity contribution in [2.75, 3.05) is 23.7 Å². The molecule has 0 saturated heterocycles. The second kappa shape index (κ2) is 15.4. The Kier molecular flexibility index (Phi) is 11.6. The van der Waals surface area contributed by atoms with Crippen LogP contribution in [0.15, 0.2) is 83.3 Å². The quantitative estimate of drug-likeness (QED) is 0.252. The lowest BCUT2D eigenvalue weighted by Gasteiger charge is -2.35. The van der Waals surface area contributed by atoms with E-state index >= 15 is 0 Å². The minimum Gasteiger partial charge on any atom is -0.494 e. The molecule has 8 nitrogen and oxygen atoms in total. The molecule has 1 N–H and O–H groups in total. The molecule has 0 radical (unpaired) electrons. The first-order chi connectivity index (χ1) is 20.6. The van der Waals surface area contributed by atoms with Crippen molar-refractivity contribution in [1.82, 2.24) is 10.2 Å². The van der Waals surface area contributed by atoms with Crippen LogP contribution in [0, 0.1) is 0 Å². The molecule has 0 spiro atoms. The zero-order chi connectivity index (χ0) is 30.8. The predicted molar refractivity (Wildman–Crippen MR) is 173 cm³/mol. The normalized spacial score (nSPS) is 14.5. The molecule has 1 unspecified atom stereocenters. The highest BCUT2D eigenvalue weighted by Crippen LogP contribution is 2.24. The van der Waals surface area contributed by atoms with Crippen molar-refractivity contribution in [2.24, 2.45) is 0 Å². The molecule has 4 rings (SSSR count). The van der Waals surface area contributed by atoms with E-state index in [0.29, 0.717) is 24.5 Å². The summed E-state index contributed by atoms with van der Waals surface area (Å²) in [6, 6.07) is 23.0. The minimum absolute atomic E-state index is 0.0544. The van der Waals surface area contributed by atoms with Crippen molar-refractivity contribution >= 4 is 43.5 Å². The largest absolute Gasteiger partial charge is 0.494 e. The third-order valence-corrected chi connectivity index (χ3v) is 9.21. The molecule has 230 valence electrons. The highest BCUT2D eigenvalue weighted by atomic mass is 79.9. The van der Waals surface area contributed by atoms with Gasteiger partial charge in [0.25, 0.3) is 0 Å². The smallest absolute Gasteiger partial charge is 0.244 e. The Hall–Kier alpha value is -3.37. The average Bonchev–Trinajstić information content (AvgIpc) is 2.99. The van der Waals surface area contributed by atoms with Crippen molar-refractivity contribution in [2.45, 2.75) is 64.1 Å². The van der Waals surface area contributed by atoms with Crippen molar-refractivity contribution in [3.63, 3.8) is 0 Å². The maximum Gasteiger partial charge on any atom is 0.244 e. The fraction of sp³-hybridized carbons (Fsp3) is 0.394. The number of nitrogens with zero attached hydrogens (tertiary/aromatic N) is 2. The first-order valence-corrected chi connectivity index (χ1v) is 17.4. The maximum atomic E-state index is 14.3. The molecule has 1 atom stereocenters. The number of hydrogen-bond acceptors (Lipinski definition) is 5. The van der Waals surface area contributed by atoms with E-state index in [1.165, 1.54) is 4.90 Å². The standard InChI is InChI=1S/C33H40BrN3O5S/c1-3-42-30-19-17-29(18-20-30)37(43(2,40)41)24-32(38)36(23-26-13-10-14-27(34)21-26)31(22-25-11-6-4-7-12-25)33(39)35-28-15-8-5-9-16-28/h4,6-7,10-14,17-21,28,31H,3,5,8-9,15-16,22-24H2,1-2H3,(H,35,39). The highest BCUT2D eigenvalue weighted by Gasteiger charge is 2.34. The number of benzene rings is 3. The molecule has 0 bridgehead atoms. The van der Waals surface area contributed by atoms with E-state index in [1.54, 1.807) is 24.3 Å². The monoisotopic (exact) mass is 669 g/mol. The Morgan fingerprint density at radius 3 is 2.26 bits per heavy atom. The fourth-order valence-electron chi connectivity index (χ4n) is 5.42. The molecule has 1 fully saturated rings. The number of hydrogen-bond donors (Lipinski definition) is 1. The van der Waals surface area contributed by atoms with Gasteiger partial charge >= 0.3 is 0 Å². The second-order valence-corrected chi connectivity index (χ2v) is 13.7. The van der Waals surface area contributed by atoms with Gasteiger partial charge in [-0.3, -0.25) is 13.9 Å². The summed E-state index contributed by atoms with van der Waals surface area (Å²) in [5.74, 6) is -0.102. The molecule has 10 heteroatoms. The molecule has 2 amide bonds. The number of amides is 2. The number of anilines is 1. The zero-order valence-corrected chi connectivity index (χ0v) is 27.1. The molecular weight excluding hydrogens is 630 g/mol. The van der Waals surface area contributed by atoms with Gasteiger partial charge in [-0.2, -0.15) is 0 Å². The first kappa shape index (κ1) is 32.5. The van der Waals surface area contributed by atoms with Crippen LogP contribution in [0.25, 0.3) is 0 Å². The van der Waals surface area contributed by atoms with Gasteiger partial charge in [0.1, 0.15) is 18.3 Å². The highest BCUT2D eigenvalue weighted by molar-refractivity contribution is 9.10. The number of carbonyl (C=O) groups is 2. The van der Waals surface area contributed by atoms with Crippen molar-refractivity contribution in [3.8, 4) is 5.75 Å². The molecule has 1 aliphatic carbocycles. The molecule has 0 heterocycles. The second-order valence-electron chi connectivity index (χ2n) is 10.9. The van der Waals surface area contributed by atoms with Crippen molar-refractivity contribution in [3.05, 3.63) is 94.5 Å². The van der Waals surface area contributed by atoms with E-state index in [-0.39, 0.29) is 18.5 Å². The summed E-state index contributed by atoms with van der Waals surface area (Å²) in [5, 5.41) is 3.22. The van der Waals surface area contributed by atoms with Crippen LogP contribution in [0.5, 0.6) is 5.75 Å². The van der Waals surface area contributed by atoms with Gasteiger partial charge in [0.05, 0.1) is 18.6 Å². The van der Waals surface area contributed by atoms with Gasteiger partial charge in [-0.1, -0.05) is 77.7 Å². The summed E-state index contributed by atoms with van der Waals surface area (Å²) in [6.45, 7) is 2.02. The van der Waals surface area contributed by atoms with E-state index in [2.05, 4.69) is 21.2 Å². The van der Waals surface area contributed by atoms with E-state index in [9.17, 15) is 18.0 Å². The SMILES string of the molecule is CCOc1ccc(N(CC(=O)N(Cc2cccc(Br)c2)C(Cc2ccccc2)C(=O)NC2CCCCC2)S(C)(=O)=O)cc1. The van der Waals surface area contributed by atoms with Gasteiger partial charge in [-0.25, -0.2) is 8.42 Å². The third-order valence-electron chi connectivity index (χ3n) is 7.58. The summed E-state index contributed by atoms with van der Waals surface area (Å²) in [5.41, 5.74) is 2.07. The topological polar surface area (TPSA) is 96.0 Å². The summed E-state index contributed by atoms with van der Waals surface area (Å²) < 4.78 is 33.4. The summed E-state index contributed by atoms with van der Waals surface area (Å²) >= 11 is 3.51. The van der Waals surface area contributed by atoms with Crippen LogP contribution in [0.2, 0.25) is 0 Å². The van der Waals surface area contributed by atoms with Gasteiger partial charge in [-0.15, -0.1) is 0 Å². The Morgan fingerprint density at radius 2 is 1.63 bits per heavy atom. The van der Waals surface area contributed by atoms with Gasteiger partial charge < -0.3 is 15.0 Å². The van der Waals surface area contributed by atoms with Gasteiger partial charge in [-0.05, 0) is 67.3 Å². The Balaban J connectivity index is 1.70. The molecule has 1 saturated carbocycles. The predicted octanol–water partition coefficient (Wildman–Crippen LogP) is 5.70.